The number of hydrogen-bond acceptors (Lipinski definition) is 3. The molecule has 0 saturated carbocycles. The lowest BCUT2D eigenvalue weighted by atomic mass is 9.85. The second-order valence-corrected chi connectivity index (χ2v) is 4.40. The van der Waals surface area contributed by atoms with Gasteiger partial charge in [0.25, 0.3) is 0 Å². The molecular formula is C13H16FNO4. The molecule has 0 unspecified atom stereocenters. The number of halogens is 1. The number of carbonyl (C=O) groups is 1. The fraction of sp³-hybridized carbons (Fsp3) is 0.462. The SMILES string of the molecule is COCO[C@@H]1c2c(F)cccc2CC[C@@H]1NC(=O)O. The van der Waals surface area contributed by atoms with Crippen molar-refractivity contribution in [1.29, 1.82) is 0 Å². The lowest BCUT2D eigenvalue weighted by Crippen LogP contribution is -2.42. The maximum absolute atomic E-state index is 14.0. The van der Waals surface area contributed by atoms with E-state index in [1.807, 2.05) is 6.07 Å². The Labute approximate surface area is 110 Å². The molecule has 1 aliphatic rings. The van der Waals surface area contributed by atoms with Crippen molar-refractivity contribution in [3.8, 4) is 0 Å². The second-order valence-electron chi connectivity index (χ2n) is 4.40. The van der Waals surface area contributed by atoms with Crippen LogP contribution < -0.4 is 5.32 Å². The molecule has 1 aromatic rings. The predicted molar refractivity (Wildman–Crippen MR) is 65.4 cm³/mol. The number of methoxy groups -OCH3 is 1. The molecule has 0 aromatic heterocycles. The summed E-state index contributed by atoms with van der Waals surface area (Å²) in [6.07, 6.45) is -0.626. The van der Waals surface area contributed by atoms with E-state index >= 15 is 0 Å². The Balaban J connectivity index is 2.30. The molecule has 0 bridgehead atoms. The Bertz CT molecular complexity index is 466. The van der Waals surface area contributed by atoms with Crippen LogP contribution in [-0.4, -0.2) is 31.1 Å². The highest BCUT2D eigenvalue weighted by Gasteiger charge is 2.33. The molecule has 104 valence electrons. The van der Waals surface area contributed by atoms with Gasteiger partial charge in [0.05, 0.1) is 6.04 Å². The van der Waals surface area contributed by atoms with Crippen LogP contribution in [0.5, 0.6) is 0 Å². The Hall–Kier alpha value is -1.66. The first-order valence-corrected chi connectivity index (χ1v) is 6.00. The maximum Gasteiger partial charge on any atom is 0.404 e. The third kappa shape index (κ3) is 3.02. The van der Waals surface area contributed by atoms with Gasteiger partial charge in [-0.2, -0.15) is 0 Å². The van der Waals surface area contributed by atoms with Gasteiger partial charge in [0.15, 0.2) is 0 Å². The van der Waals surface area contributed by atoms with Gasteiger partial charge in [0.1, 0.15) is 18.7 Å². The van der Waals surface area contributed by atoms with Crippen molar-refractivity contribution in [3.05, 3.63) is 35.1 Å². The van der Waals surface area contributed by atoms with Gasteiger partial charge in [-0.05, 0) is 24.5 Å². The number of nitrogens with one attached hydrogen (secondary N) is 1. The van der Waals surface area contributed by atoms with Gasteiger partial charge in [0.2, 0.25) is 0 Å². The zero-order valence-corrected chi connectivity index (χ0v) is 10.6. The number of benzene rings is 1. The Morgan fingerprint density at radius 2 is 2.37 bits per heavy atom. The van der Waals surface area contributed by atoms with Crippen molar-refractivity contribution in [3.63, 3.8) is 0 Å². The van der Waals surface area contributed by atoms with E-state index in [9.17, 15) is 9.18 Å². The van der Waals surface area contributed by atoms with E-state index in [2.05, 4.69) is 5.32 Å². The molecule has 2 rings (SSSR count). The number of hydrogen-bond donors (Lipinski definition) is 2. The quantitative estimate of drug-likeness (QED) is 0.821. The van der Waals surface area contributed by atoms with Crippen molar-refractivity contribution in [2.75, 3.05) is 13.9 Å². The summed E-state index contributed by atoms with van der Waals surface area (Å²) in [5.74, 6) is -0.379. The molecule has 0 saturated heterocycles. The molecule has 6 heteroatoms. The highest BCUT2D eigenvalue weighted by molar-refractivity contribution is 5.65. The first-order chi connectivity index (χ1) is 9.13. The number of carboxylic acid groups (broad SMARTS) is 1. The van der Waals surface area contributed by atoms with Gasteiger partial charge in [-0.15, -0.1) is 0 Å². The summed E-state index contributed by atoms with van der Waals surface area (Å²) in [7, 11) is 1.46. The third-order valence-electron chi connectivity index (χ3n) is 3.19. The van der Waals surface area contributed by atoms with E-state index in [-0.39, 0.29) is 12.6 Å². The molecule has 1 amide bonds. The lowest BCUT2D eigenvalue weighted by Gasteiger charge is -2.33. The number of ether oxygens (including phenoxy) is 2. The van der Waals surface area contributed by atoms with Gasteiger partial charge < -0.3 is 19.9 Å². The normalized spacial score (nSPS) is 21.8. The number of rotatable bonds is 4. The van der Waals surface area contributed by atoms with Crippen molar-refractivity contribution in [1.82, 2.24) is 5.32 Å². The van der Waals surface area contributed by atoms with Gasteiger partial charge in [-0.25, -0.2) is 9.18 Å². The molecule has 5 nitrogen and oxygen atoms in total. The summed E-state index contributed by atoms with van der Waals surface area (Å²) in [5.41, 5.74) is 1.27. The van der Waals surface area contributed by atoms with E-state index in [0.717, 1.165) is 5.56 Å². The predicted octanol–water partition coefficient (Wildman–Crippen LogP) is 2.07. The highest BCUT2D eigenvalue weighted by Crippen LogP contribution is 2.34. The summed E-state index contributed by atoms with van der Waals surface area (Å²) in [5, 5.41) is 11.2. The van der Waals surface area contributed by atoms with Crippen LogP contribution in [0.25, 0.3) is 0 Å². The standard InChI is InChI=1S/C13H16FNO4/c1-18-7-19-12-10(15-13(16)17)6-5-8-3-2-4-9(14)11(8)12/h2-4,10,12,15H,5-7H2,1H3,(H,16,17)/t10-,12-/m0/s1. The van der Waals surface area contributed by atoms with Crippen molar-refractivity contribution < 1.29 is 23.8 Å². The highest BCUT2D eigenvalue weighted by atomic mass is 19.1. The summed E-state index contributed by atoms with van der Waals surface area (Å²) in [6.45, 7) is -0.0176. The maximum atomic E-state index is 14.0. The number of amides is 1. The van der Waals surface area contributed by atoms with E-state index in [1.165, 1.54) is 13.2 Å². The van der Waals surface area contributed by atoms with Crippen LogP contribution in [0.1, 0.15) is 23.7 Å². The summed E-state index contributed by atoms with van der Waals surface area (Å²) >= 11 is 0. The molecule has 0 fully saturated rings. The van der Waals surface area contributed by atoms with Crippen LogP contribution in [0.4, 0.5) is 9.18 Å². The number of fused-ring (bicyclic) bond motifs is 1. The van der Waals surface area contributed by atoms with Crippen LogP contribution >= 0.6 is 0 Å². The van der Waals surface area contributed by atoms with Gasteiger partial charge in [-0.3, -0.25) is 0 Å². The molecule has 2 atom stereocenters. The average molecular weight is 269 g/mol. The first kappa shape index (κ1) is 13.8. The monoisotopic (exact) mass is 269 g/mol. The molecular weight excluding hydrogens is 253 g/mol. The van der Waals surface area contributed by atoms with E-state index in [1.54, 1.807) is 6.07 Å². The zero-order valence-electron chi connectivity index (χ0n) is 10.6. The minimum Gasteiger partial charge on any atom is -0.465 e. The van der Waals surface area contributed by atoms with E-state index in [4.69, 9.17) is 14.6 Å². The third-order valence-corrected chi connectivity index (χ3v) is 3.19. The Morgan fingerprint density at radius 1 is 1.58 bits per heavy atom. The first-order valence-electron chi connectivity index (χ1n) is 6.00. The molecule has 0 radical (unpaired) electrons. The largest absolute Gasteiger partial charge is 0.465 e. The molecule has 2 N–H and O–H groups in total. The molecule has 1 aliphatic carbocycles. The Kier molecular flexibility index (Phi) is 4.34. The topological polar surface area (TPSA) is 67.8 Å². The van der Waals surface area contributed by atoms with Gasteiger partial charge in [0, 0.05) is 12.7 Å². The van der Waals surface area contributed by atoms with Crippen LogP contribution in [0.15, 0.2) is 18.2 Å². The van der Waals surface area contributed by atoms with E-state index in [0.29, 0.717) is 18.4 Å². The fourth-order valence-electron chi connectivity index (χ4n) is 2.43. The van der Waals surface area contributed by atoms with Crippen molar-refractivity contribution in [2.45, 2.75) is 25.0 Å². The van der Waals surface area contributed by atoms with Gasteiger partial charge in [-0.1, -0.05) is 12.1 Å². The minimum absolute atomic E-state index is 0.0176. The molecule has 0 heterocycles. The van der Waals surface area contributed by atoms with E-state index < -0.39 is 18.2 Å². The van der Waals surface area contributed by atoms with Crippen LogP contribution in [-0.2, 0) is 15.9 Å². The van der Waals surface area contributed by atoms with Crippen molar-refractivity contribution >= 4 is 6.09 Å². The second kappa shape index (κ2) is 5.99. The van der Waals surface area contributed by atoms with Crippen molar-refractivity contribution in [2.24, 2.45) is 0 Å². The summed E-state index contributed by atoms with van der Waals surface area (Å²) in [4.78, 5) is 10.8. The lowest BCUT2D eigenvalue weighted by molar-refractivity contribution is -0.0888. The molecule has 0 aliphatic heterocycles. The fourth-order valence-corrected chi connectivity index (χ4v) is 2.43. The molecule has 1 aromatic carbocycles. The van der Waals surface area contributed by atoms with Crippen LogP contribution in [0.3, 0.4) is 0 Å². The van der Waals surface area contributed by atoms with Crippen LogP contribution in [0, 0.1) is 5.82 Å². The summed E-state index contributed by atoms with van der Waals surface area (Å²) < 4.78 is 24.3. The average Bonchev–Trinajstić information content (AvgIpc) is 2.37. The Morgan fingerprint density at radius 3 is 3.05 bits per heavy atom. The molecule has 19 heavy (non-hydrogen) atoms. The van der Waals surface area contributed by atoms with Crippen LogP contribution in [0.2, 0.25) is 0 Å². The van der Waals surface area contributed by atoms with Gasteiger partial charge >= 0.3 is 6.09 Å². The minimum atomic E-state index is -1.14. The molecule has 0 spiro atoms. The summed E-state index contributed by atoms with van der Waals surface area (Å²) in [6, 6.07) is 4.35. The number of aryl methyl sites for hydroxylation is 1. The smallest absolute Gasteiger partial charge is 0.404 e. The zero-order chi connectivity index (χ0) is 13.8.